The van der Waals surface area contributed by atoms with E-state index in [0.29, 0.717) is 12.3 Å². The molecule has 1 heterocycles. The molecule has 0 aromatic rings. The zero-order valence-corrected chi connectivity index (χ0v) is 17.1. The Balaban J connectivity index is 2.17. The summed E-state index contributed by atoms with van der Waals surface area (Å²) >= 11 is 0. The molecule has 0 amide bonds. The number of Topliss-reactive ketones (excluding diaryl/α,β-unsaturated/α-hetero) is 2. The van der Waals surface area contributed by atoms with Gasteiger partial charge in [-0.25, -0.2) is 0 Å². The number of hydrogen-bond donors (Lipinski definition) is 2. The van der Waals surface area contributed by atoms with Crippen molar-refractivity contribution in [2.24, 2.45) is 17.8 Å². The zero-order valence-electron chi connectivity index (χ0n) is 17.1. The molecule has 156 valence electrons. The standard InChI is InChI=1S/C21H30O7/c1-6-11(2)7-12(3)20(26)28-21(5)17(23)9-14-8-16(18(24)13(4)22)27-10-15(14)19(21)25/h8,10-14,18,22,24H,6-7,9H2,1-5H3. The molecule has 0 radical (unpaired) electrons. The SMILES string of the molecule is CCC(C)CC(C)C(=O)OC1(C)C(=O)CC2C=C(C(O)C(C)O)OC=C2C1=O. The summed E-state index contributed by atoms with van der Waals surface area (Å²) in [4.78, 5) is 38.2. The highest BCUT2D eigenvalue weighted by Crippen LogP contribution is 2.38. The number of carbonyl (C=O) groups is 3. The van der Waals surface area contributed by atoms with Gasteiger partial charge in [0.1, 0.15) is 11.9 Å². The molecule has 1 fully saturated rings. The fraction of sp³-hybridized carbons (Fsp3) is 0.667. The third-order valence-corrected chi connectivity index (χ3v) is 5.63. The zero-order chi connectivity index (χ0) is 21.2. The molecule has 1 saturated carbocycles. The number of ether oxygens (including phenoxy) is 2. The molecule has 0 aromatic carbocycles. The highest BCUT2D eigenvalue weighted by Gasteiger charge is 2.53. The van der Waals surface area contributed by atoms with Gasteiger partial charge in [-0.2, -0.15) is 0 Å². The Morgan fingerprint density at radius 3 is 2.54 bits per heavy atom. The van der Waals surface area contributed by atoms with Crippen molar-refractivity contribution in [2.45, 2.75) is 71.7 Å². The van der Waals surface area contributed by atoms with Gasteiger partial charge in [0.2, 0.25) is 11.4 Å². The predicted octanol–water partition coefficient (Wildman–Crippen LogP) is 2.06. The molecule has 2 rings (SSSR count). The van der Waals surface area contributed by atoms with Crippen LogP contribution in [-0.2, 0) is 23.9 Å². The van der Waals surface area contributed by atoms with Gasteiger partial charge in [0.05, 0.1) is 18.3 Å². The van der Waals surface area contributed by atoms with Crippen LogP contribution in [0.2, 0.25) is 0 Å². The number of carbonyl (C=O) groups excluding carboxylic acids is 3. The van der Waals surface area contributed by atoms with Gasteiger partial charge in [0.15, 0.2) is 5.78 Å². The summed E-state index contributed by atoms with van der Waals surface area (Å²) in [5.74, 6) is -2.26. The number of fused-ring (bicyclic) bond motifs is 1. The van der Waals surface area contributed by atoms with Crippen LogP contribution in [0, 0.1) is 17.8 Å². The van der Waals surface area contributed by atoms with Gasteiger partial charge < -0.3 is 19.7 Å². The minimum atomic E-state index is -1.87. The third-order valence-electron chi connectivity index (χ3n) is 5.63. The average molecular weight is 394 g/mol. The van der Waals surface area contributed by atoms with Crippen molar-refractivity contribution in [3.63, 3.8) is 0 Å². The van der Waals surface area contributed by atoms with Crippen LogP contribution in [0.1, 0.15) is 53.9 Å². The van der Waals surface area contributed by atoms with Crippen molar-refractivity contribution in [1.82, 2.24) is 0 Å². The second-order valence-corrected chi connectivity index (χ2v) is 8.11. The molecule has 0 spiro atoms. The van der Waals surface area contributed by atoms with Crippen molar-refractivity contribution in [3.05, 3.63) is 23.7 Å². The lowest BCUT2D eigenvalue weighted by atomic mass is 9.73. The van der Waals surface area contributed by atoms with E-state index >= 15 is 0 Å². The van der Waals surface area contributed by atoms with E-state index in [4.69, 9.17) is 9.47 Å². The molecule has 0 aromatic heterocycles. The van der Waals surface area contributed by atoms with Crippen molar-refractivity contribution in [1.29, 1.82) is 0 Å². The summed E-state index contributed by atoms with van der Waals surface area (Å²) in [6.07, 6.45) is 1.81. The van der Waals surface area contributed by atoms with E-state index in [1.165, 1.54) is 26.2 Å². The lowest BCUT2D eigenvalue weighted by Crippen LogP contribution is -2.54. The van der Waals surface area contributed by atoms with Crippen molar-refractivity contribution >= 4 is 17.5 Å². The molecular weight excluding hydrogens is 364 g/mol. The van der Waals surface area contributed by atoms with Crippen molar-refractivity contribution in [3.8, 4) is 0 Å². The van der Waals surface area contributed by atoms with E-state index in [1.54, 1.807) is 6.92 Å². The molecule has 1 aliphatic carbocycles. The quantitative estimate of drug-likeness (QED) is 0.502. The number of ketones is 2. The Bertz CT molecular complexity index is 706. The van der Waals surface area contributed by atoms with E-state index < -0.39 is 47.2 Å². The second-order valence-electron chi connectivity index (χ2n) is 8.11. The highest BCUT2D eigenvalue weighted by molar-refractivity contribution is 6.20. The van der Waals surface area contributed by atoms with E-state index in [-0.39, 0.29) is 17.8 Å². The first-order valence-electron chi connectivity index (χ1n) is 9.76. The predicted molar refractivity (Wildman–Crippen MR) is 101 cm³/mol. The van der Waals surface area contributed by atoms with Gasteiger partial charge >= 0.3 is 5.97 Å². The van der Waals surface area contributed by atoms with E-state index in [0.717, 1.165) is 6.42 Å². The Morgan fingerprint density at radius 2 is 1.96 bits per heavy atom. The summed E-state index contributed by atoms with van der Waals surface area (Å²) in [7, 11) is 0. The highest BCUT2D eigenvalue weighted by atomic mass is 16.6. The van der Waals surface area contributed by atoms with Gasteiger partial charge in [-0.05, 0) is 32.3 Å². The van der Waals surface area contributed by atoms with Gasteiger partial charge in [0, 0.05) is 17.9 Å². The van der Waals surface area contributed by atoms with Crippen LogP contribution >= 0.6 is 0 Å². The molecule has 0 saturated heterocycles. The van der Waals surface area contributed by atoms with Gasteiger partial charge in [-0.15, -0.1) is 0 Å². The Kier molecular flexibility index (Phi) is 6.83. The number of hydrogen-bond acceptors (Lipinski definition) is 7. The Labute approximate surface area is 165 Å². The molecule has 28 heavy (non-hydrogen) atoms. The molecule has 6 unspecified atom stereocenters. The maximum atomic E-state index is 13.0. The summed E-state index contributed by atoms with van der Waals surface area (Å²) < 4.78 is 10.7. The second kappa shape index (κ2) is 8.57. The minimum absolute atomic E-state index is 0.0551. The first-order chi connectivity index (χ1) is 13.0. The summed E-state index contributed by atoms with van der Waals surface area (Å²) in [5, 5.41) is 19.4. The van der Waals surface area contributed by atoms with Gasteiger partial charge in [0.25, 0.3) is 0 Å². The van der Waals surface area contributed by atoms with Crippen molar-refractivity contribution < 1.29 is 34.1 Å². The van der Waals surface area contributed by atoms with Crippen LogP contribution in [0.3, 0.4) is 0 Å². The van der Waals surface area contributed by atoms with Crippen molar-refractivity contribution in [2.75, 3.05) is 0 Å². The molecule has 7 nitrogen and oxygen atoms in total. The number of aliphatic hydroxyl groups is 2. The summed E-state index contributed by atoms with van der Waals surface area (Å²) in [6.45, 7) is 8.52. The first-order valence-corrected chi connectivity index (χ1v) is 9.76. The largest absolute Gasteiger partial charge is 0.466 e. The Morgan fingerprint density at radius 1 is 1.32 bits per heavy atom. The van der Waals surface area contributed by atoms with Crippen LogP contribution in [0.25, 0.3) is 0 Å². The number of aliphatic hydroxyl groups excluding tert-OH is 2. The topological polar surface area (TPSA) is 110 Å². The maximum absolute atomic E-state index is 13.0. The lowest BCUT2D eigenvalue weighted by Gasteiger charge is -2.37. The fourth-order valence-corrected chi connectivity index (χ4v) is 3.41. The normalized spacial score (nSPS) is 28.9. The van der Waals surface area contributed by atoms with Crippen LogP contribution in [-0.4, -0.2) is 45.6 Å². The average Bonchev–Trinajstić information content (AvgIpc) is 2.65. The number of rotatable bonds is 7. The molecule has 2 aliphatic rings. The van der Waals surface area contributed by atoms with Crippen LogP contribution < -0.4 is 0 Å². The van der Waals surface area contributed by atoms with E-state index in [2.05, 4.69) is 0 Å². The smallest absolute Gasteiger partial charge is 0.310 e. The molecule has 1 aliphatic heterocycles. The van der Waals surface area contributed by atoms with Gasteiger partial charge in [-0.1, -0.05) is 27.2 Å². The number of allylic oxidation sites excluding steroid dienone is 1. The van der Waals surface area contributed by atoms with Crippen LogP contribution in [0.4, 0.5) is 0 Å². The first kappa shape index (κ1) is 22.3. The Hall–Kier alpha value is -1.99. The van der Waals surface area contributed by atoms with E-state index in [1.807, 2.05) is 13.8 Å². The maximum Gasteiger partial charge on any atom is 0.310 e. The molecular formula is C21H30O7. The molecule has 7 heteroatoms. The summed E-state index contributed by atoms with van der Waals surface area (Å²) in [6, 6.07) is 0. The molecule has 6 atom stereocenters. The van der Waals surface area contributed by atoms with E-state index in [9.17, 15) is 24.6 Å². The van der Waals surface area contributed by atoms with Crippen LogP contribution in [0.15, 0.2) is 23.7 Å². The molecule has 2 N–H and O–H groups in total. The number of esters is 1. The lowest BCUT2D eigenvalue weighted by molar-refractivity contribution is -0.175. The van der Waals surface area contributed by atoms with Gasteiger partial charge in [-0.3, -0.25) is 14.4 Å². The van der Waals surface area contributed by atoms with Crippen LogP contribution in [0.5, 0.6) is 0 Å². The minimum Gasteiger partial charge on any atom is -0.466 e. The molecule has 0 bridgehead atoms. The fourth-order valence-electron chi connectivity index (χ4n) is 3.41. The third kappa shape index (κ3) is 4.36. The summed E-state index contributed by atoms with van der Waals surface area (Å²) in [5.41, 5.74) is -1.66. The monoisotopic (exact) mass is 394 g/mol.